The van der Waals surface area contributed by atoms with Gasteiger partial charge in [0, 0.05) is 11.6 Å². The first-order valence-corrected chi connectivity index (χ1v) is 10.5. The Kier molecular flexibility index (Phi) is 8.48. The highest BCUT2D eigenvalue weighted by molar-refractivity contribution is 6.13. The number of phenols is 1. The first-order chi connectivity index (χ1) is 14.4. The Hall–Kier alpha value is -3.27. The van der Waals surface area contributed by atoms with E-state index in [1.807, 2.05) is 43.3 Å². The van der Waals surface area contributed by atoms with Gasteiger partial charge < -0.3 is 21.6 Å². The topological polar surface area (TPSA) is 82.1 Å². The lowest BCUT2D eigenvalue weighted by molar-refractivity contribution is 0.475. The van der Waals surface area contributed by atoms with Gasteiger partial charge >= 0.3 is 0 Å². The molecule has 2 aromatic carbocycles. The van der Waals surface area contributed by atoms with Crippen LogP contribution in [0.4, 0.5) is 0 Å². The Bertz CT molecular complexity index is 925. The van der Waals surface area contributed by atoms with Crippen LogP contribution in [0.1, 0.15) is 57.2 Å². The van der Waals surface area contributed by atoms with Gasteiger partial charge in [-0.2, -0.15) is 0 Å². The van der Waals surface area contributed by atoms with Gasteiger partial charge in [-0.05, 0) is 54.7 Å². The molecule has 0 aliphatic carbocycles. The van der Waals surface area contributed by atoms with Crippen molar-refractivity contribution in [1.82, 2.24) is 5.32 Å². The Morgan fingerprint density at radius 1 is 1.13 bits per heavy atom. The van der Waals surface area contributed by atoms with Crippen LogP contribution in [-0.2, 0) is 0 Å². The second-order valence-electron chi connectivity index (χ2n) is 7.39. The van der Waals surface area contributed by atoms with Crippen LogP contribution in [0.3, 0.4) is 0 Å². The fraction of sp³-hybridized carbons (Fsp3) is 0.269. The van der Waals surface area contributed by atoms with E-state index in [1.165, 1.54) is 0 Å². The number of nitrogens with one attached hydrogen (secondary N) is 2. The summed E-state index contributed by atoms with van der Waals surface area (Å²) in [4.78, 5) is 0. The molecule has 0 aromatic heterocycles. The number of allylic oxidation sites excluding steroid dienone is 2. The molecule has 0 saturated carbocycles. The van der Waals surface area contributed by atoms with E-state index in [2.05, 4.69) is 37.9 Å². The standard InChI is InChI=1S/C26H33N3O/c1-5-10-22(17-20-13-15-23(30)16-14-20)26(28)24(6-2)25(27)19(4)29-18(3)21-11-8-7-9-12-21/h7-9,11-18,28-30H,4-6,10,27H2,1-3H3/b22-17+,25-24?,28-26?/t18-/m0/s1. The Morgan fingerprint density at radius 2 is 1.77 bits per heavy atom. The van der Waals surface area contributed by atoms with Crippen molar-refractivity contribution in [2.75, 3.05) is 0 Å². The average Bonchev–Trinajstić information content (AvgIpc) is 2.75. The molecule has 1 atom stereocenters. The smallest absolute Gasteiger partial charge is 0.115 e. The molecule has 0 unspecified atom stereocenters. The molecule has 2 aromatic rings. The third kappa shape index (κ3) is 6.11. The zero-order valence-corrected chi connectivity index (χ0v) is 18.2. The lowest BCUT2D eigenvalue weighted by Crippen LogP contribution is -2.24. The first-order valence-electron chi connectivity index (χ1n) is 10.5. The third-order valence-corrected chi connectivity index (χ3v) is 5.07. The molecule has 30 heavy (non-hydrogen) atoms. The van der Waals surface area contributed by atoms with Gasteiger partial charge in [-0.1, -0.05) is 69.3 Å². The summed E-state index contributed by atoms with van der Waals surface area (Å²) in [5, 5.41) is 21.7. The molecule has 0 aliphatic rings. The number of aromatic hydroxyl groups is 1. The Labute approximate surface area is 180 Å². The highest BCUT2D eigenvalue weighted by Gasteiger charge is 2.16. The van der Waals surface area contributed by atoms with Crippen LogP contribution in [0.25, 0.3) is 6.08 Å². The summed E-state index contributed by atoms with van der Waals surface area (Å²) in [6.45, 7) is 10.3. The highest BCUT2D eigenvalue weighted by atomic mass is 16.3. The van der Waals surface area contributed by atoms with Crippen molar-refractivity contribution < 1.29 is 5.11 Å². The number of hydrogen-bond acceptors (Lipinski definition) is 4. The molecule has 0 saturated heterocycles. The predicted octanol–water partition coefficient (Wildman–Crippen LogP) is 6.08. The van der Waals surface area contributed by atoms with Gasteiger partial charge in [0.1, 0.15) is 5.75 Å². The Morgan fingerprint density at radius 3 is 2.33 bits per heavy atom. The summed E-state index contributed by atoms with van der Waals surface area (Å²) < 4.78 is 0. The molecular formula is C26H33N3O. The molecule has 2 rings (SSSR count). The maximum atomic E-state index is 9.51. The van der Waals surface area contributed by atoms with Crippen molar-refractivity contribution in [3.63, 3.8) is 0 Å². The summed E-state index contributed by atoms with van der Waals surface area (Å²) in [5.74, 6) is 0.229. The molecule has 4 heteroatoms. The van der Waals surface area contributed by atoms with Crippen LogP contribution in [0.2, 0.25) is 0 Å². The lowest BCUT2D eigenvalue weighted by Gasteiger charge is -2.21. The molecule has 0 fully saturated rings. The first kappa shape index (κ1) is 23.0. The van der Waals surface area contributed by atoms with Gasteiger partial charge in [0.25, 0.3) is 0 Å². The second kappa shape index (κ2) is 11.1. The maximum absolute atomic E-state index is 9.51. The van der Waals surface area contributed by atoms with Crippen molar-refractivity contribution in [2.24, 2.45) is 5.73 Å². The molecule has 0 radical (unpaired) electrons. The van der Waals surface area contributed by atoms with E-state index < -0.39 is 0 Å². The monoisotopic (exact) mass is 403 g/mol. The largest absolute Gasteiger partial charge is 0.508 e. The average molecular weight is 404 g/mol. The molecule has 0 amide bonds. The minimum atomic E-state index is 0.0622. The quantitative estimate of drug-likeness (QED) is 0.286. The van der Waals surface area contributed by atoms with Crippen LogP contribution >= 0.6 is 0 Å². The normalized spacial score (nSPS) is 13.4. The number of phenolic OH excluding ortho intramolecular Hbond substituents is 1. The second-order valence-corrected chi connectivity index (χ2v) is 7.39. The van der Waals surface area contributed by atoms with E-state index in [4.69, 9.17) is 11.1 Å². The van der Waals surface area contributed by atoms with Gasteiger partial charge in [-0.15, -0.1) is 0 Å². The molecular weight excluding hydrogens is 370 g/mol. The predicted molar refractivity (Wildman–Crippen MR) is 127 cm³/mol. The van der Waals surface area contributed by atoms with Crippen molar-refractivity contribution in [1.29, 1.82) is 5.41 Å². The minimum Gasteiger partial charge on any atom is -0.508 e. The summed E-state index contributed by atoms with van der Waals surface area (Å²) in [5.41, 5.74) is 11.9. The van der Waals surface area contributed by atoms with Crippen LogP contribution < -0.4 is 11.1 Å². The molecule has 0 bridgehead atoms. The Balaban J connectivity index is 2.28. The van der Waals surface area contributed by atoms with E-state index in [-0.39, 0.29) is 11.8 Å². The van der Waals surface area contributed by atoms with Crippen molar-refractivity contribution >= 4 is 11.8 Å². The summed E-state index contributed by atoms with van der Waals surface area (Å²) >= 11 is 0. The number of rotatable bonds is 10. The molecule has 5 N–H and O–H groups in total. The number of nitrogens with two attached hydrogens (primary N) is 1. The zero-order valence-electron chi connectivity index (χ0n) is 18.2. The van der Waals surface area contributed by atoms with Gasteiger partial charge in [0.05, 0.1) is 17.1 Å². The molecule has 0 spiro atoms. The number of hydrogen-bond donors (Lipinski definition) is 4. The van der Waals surface area contributed by atoms with Gasteiger partial charge in [0.2, 0.25) is 0 Å². The SMILES string of the molecule is C=C(N[C@@H](C)c1ccccc1)C(N)=C(CC)C(=N)/C(=C/c1ccc(O)cc1)CCC. The molecule has 0 heterocycles. The molecule has 0 aliphatic heterocycles. The van der Waals surface area contributed by atoms with Crippen molar-refractivity contribution in [2.45, 2.75) is 46.1 Å². The summed E-state index contributed by atoms with van der Waals surface area (Å²) in [6, 6.07) is 17.2. The van der Waals surface area contributed by atoms with E-state index in [9.17, 15) is 5.11 Å². The third-order valence-electron chi connectivity index (χ3n) is 5.07. The van der Waals surface area contributed by atoms with Gasteiger partial charge in [-0.25, -0.2) is 0 Å². The maximum Gasteiger partial charge on any atom is 0.115 e. The fourth-order valence-corrected chi connectivity index (χ4v) is 3.35. The zero-order chi connectivity index (χ0) is 22.1. The summed E-state index contributed by atoms with van der Waals surface area (Å²) in [6.07, 6.45) is 4.34. The molecule has 158 valence electrons. The van der Waals surface area contributed by atoms with E-state index in [0.29, 0.717) is 23.5 Å². The van der Waals surface area contributed by atoms with Crippen LogP contribution in [-0.4, -0.2) is 10.8 Å². The van der Waals surface area contributed by atoms with E-state index >= 15 is 0 Å². The lowest BCUT2D eigenvalue weighted by atomic mass is 9.93. The molecule has 4 nitrogen and oxygen atoms in total. The highest BCUT2D eigenvalue weighted by Crippen LogP contribution is 2.23. The van der Waals surface area contributed by atoms with Crippen LogP contribution in [0.15, 0.2) is 83.7 Å². The van der Waals surface area contributed by atoms with Crippen LogP contribution in [0, 0.1) is 5.41 Å². The van der Waals surface area contributed by atoms with Gasteiger partial charge in [-0.3, -0.25) is 0 Å². The fourth-order valence-electron chi connectivity index (χ4n) is 3.35. The minimum absolute atomic E-state index is 0.0622. The van der Waals surface area contributed by atoms with E-state index in [1.54, 1.807) is 12.1 Å². The van der Waals surface area contributed by atoms with Gasteiger partial charge in [0.15, 0.2) is 0 Å². The van der Waals surface area contributed by atoms with E-state index in [0.717, 1.165) is 35.1 Å². The van der Waals surface area contributed by atoms with Crippen molar-refractivity contribution in [3.05, 3.63) is 94.8 Å². The van der Waals surface area contributed by atoms with Crippen LogP contribution in [0.5, 0.6) is 5.75 Å². The van der Waals surface area contributed by atoms with Crippen molar-refractivity contribution in [3.8, 4) is 5.75 Å². The number of benzene rings is 2. The summed E-state index contributed by atoms with van der Waals surface area (Å²) in [7, 11) is 0.